The Morgan fingerprint density at radius 1 is 1.06 bits per heavy atom. The summed E-state index contributed by atoms with van der Waals surface area (Å²) >= 11 is 12.3. The molecule has 5 rings (SSSR count). The molecule has 1 aliphatic rings. The second-order valence-electron chi connectivity index (χ2n) is 8.21. The second kappa shape index (κ2) is 7.83. The van der Waals surface area contributed by atoms with E-state index < -0.39 is 5.69 Å². The quantitative estimate of drug-likeness (QED) is 0.454. The van der Waals surface area contributed by atoms with E-state index in [9.17, 15) is 9.59 Å². The number of imidazole rings is 1. The molecule has 0 aliphatic carbocycles. The fourth-order valence-electron chi connectivity index (χ4n) is 4.29. The van der Waals surface area contributed by atoms with Crippen molar-refractivity contribution in [1.29, 1.82) is 0 Å². The van der Waals surface area contributed by atoms with Crippen molar-refractivity contribution in [3.8, 4) is 0 Å². The van der Waals surface area contributed by atoms with Crippen molar-refractivity contribution in [2.75, 3.05) is 11.4 Å². The molecule has 1 aliphatic heterocycles. The van der Waals surface area contributed by atoms with Crippen LogP contribution in [0.2, 0.25) is 10.0 Å². The predicted octanol–water partition coefficient (Wildman–Crippen LogP) is 4.04. The van der Waals surface area contributed by atoms with E-state index >= 15 is 0 Å². The van der Waals surface area contributed by atoms with Gasteiger partial charge in [0.2, 0.25) is 5.95 Å². The van der Waals surface area contributed by atoms with E-state index in [-0.39, 0.29) is 18.0 Å². The lowest BCUT2D eigenvalue weighted by Gasteiger charge is -2.32. The molecule has 3 heterocycles. The third kappa shape index (κ3) is 3.32. The van der Waals surface area contributed by atoms with Crippen LogP contribution in [0.25, 0.3) is 11.2 Å². The molecule has 0 N–H and O–H groups in total. The Balaban J connectivity index is 1.73. The van der Waals surface area contributed by atoms with Gasteiger partial charge in [0.1, 0.15) is 0 Å². The van der Waals surface area contributed by atoms with Crippen molar-refractivity contribution < 1.29 is 0 Å². The third-order valence-electron chi connectivity index (χ3n) is 5.85. The van der Waals surface area contributed by atoms with Gasteiger partial charge in [0, 0.05) is 35.9 Å². The SMILES string of the molecule is CC1CN(c2ccccc2)c2nc3c(c(=O)n(Cc4ccc(Cl)cc4Cl)c(=O)n3C)n2C1. The zero-order chi connectivity index (χ0) is 22.6. The van der Waals surface area contributed by atoms with Gasteiger partial charge in [-0.15, -0.1) is 0 Å². The van der Waals surface area contributed by atoms with Gasteiger partial charge in [-0.3, -0.25) is 13.9 Å². The lowest BCUT2D eigenvalue weighted by atomic mass is 10.1. The van der Waals surface area contributed by atoms with Gasteiger partial charge in [0.05, 0.1) is 6.54 Å². The van der Waals surface area contributed by atoms with Crippen LogP contribution in [0.5, 0.6) is 0 Å². The molecule has 0 radical (unpaired) electrons. The summed E-state index contributed by atoms with van der Waals surface area (Å²) in [6.45, 7) is 3.61. The first-order valence-corrected chi connectivity index (χ1v) is 11.1. The number of anilines is 2. The first kappa shape index (κ1) is 20.8. The molecule has 1 atom stereocenters. The molecule has 0 saturated carbocycles. The van der Waals surface area contributed by atoms with Gasteiger partial charge < -0.3 is 9.47 Å². The van der Waals surface area contributed by atoms with Crippen LogP contribution in [0.4, 0.5) is 11.6 Å². The first-order chi connectivity index (χ1) is 15.3. The molecule has 7 nitrogen and oxygen atoms in total. The molecule has 164 valence electrons. The van der Waals surface area contributed by atoms with Crippen molar-refractivity contribution in [3.63, 3.8) is 0 Å². The molecular weight excluding hydrogens is 449 g/mol. The highest BCUT2D eigenvalue weighted by molar-refractivity contribution is 6.35. The van der Waals surface area contributed by atoms with Crippen molar-refractivity contribution in [3.05, 3.63) is 85.0 Å². The van der Waals surface area contributed by atoms with E-state index in [0.29, 0.717) is 39.3 Å². The topological polar surface area (TPSA) is 65.1 Å². The Labute approximate surface area is 194 Å². The fourth-order valence-corrected chi connectivity index (χ4v) is 4.76. The van der Waals surface area contributed by atoms with Gasteiger partial charge >= 0.3 is 5.69 Å². The molecule has 2 aromatic carbocycles. The molecule has 0 amide bonds. The van der Waals surface area contributed by atoms with Crippen LogP contribution in [0, 0.1) is 5.92 Å². The fraction of sp³-hybridized carbons (Fsp3) is 0.261. The van der Waals surface area contributed by atoms with Crippen LogP contribution in [0.1, 0.15) is 12.5 Å². The maximum absolute atomic E-state index is 13.6. The average Bonchev–Trinajstić information content (AvgIpc) is 3.16. The monoisotopic (exact) mass is 469 g/mol. The number of benzene rings is 2. The highest BCUT2D eigenvalue weighted by Crippen LogP contribution is 2.32. The highest BCUT2D eigenvalue weighted by Gasteiger charge is 2.29. The van der Waals surface area contributed by atoms with E-state index in [4.69, 9.17) is 28.2 Å². The average molecular weight is 470 g/mol. The van der Waals surface area contributed by atoms with Gasteiger partial charge in [0.25, 0.3) is 5.56 Å². The lowest BCUT2D eigenvalue weighted by molar-refractivity contribution is 0.458. The molecule has 4 aromatic rings. The number of rotatable bonds is 3. The normalized spacial score (nSPS) is 15.9. The minimum atomic E-state index is -0.441. The molecule has 2 aromatic heterocycles. The van der Waals surface area contributed by atoms with E-state index in [1.165, 1.54) is 9.13 Å². The number of aryl methyl sites for hydroxylation is 1. The number of aromatic nitrogens is 4. The van der Waals surface area contributed by atoms with Crippen LogP contribution >= 0.6 is 23.2 Å². The molecule has 0 spiro atoms. The third-order valence-corrected chi connectivity index (χ3v) is 6.44. The molecule has 0 bridgehead atoms. The Morgan fingerprint density at radius 3 is 2.53 bits per heavy atom. The zero-order valence-corrected chi connectivity index (χ0v) is 19.1. The van der Waals surface area contributed by atoms with Crippen molar-refractivity contribution >= 4 is 46.0 Å². The molecule has 1 unspecified atom stereocenters. The standard InChI is InChI=1S/C23H21Cl2N5O2/c1-14-11-28(17-6-4-3-5-7-17)22-26-20-19(29(22)12-14)21(31)30(23(32)27(20)2)13-15-8-9-16(24)10-18(15)25/h3-10,14H,11-13H2,1-2H3. The predicted molar refractivity (Wildman–Crippen MR) is 127 cm³/mol. The van der Waals surface area contributed by atoms with E-state index in [2.05, 4.69) is 11.8 Å². The number of para-hydroxylation sites is 1. The molecule has 9 heteroatoms. The Morgan fingerprint density at radius 2 is 1.81 bits per heavy atom. The summed E-state index contributed by atoms with van der Waals surface area (Å²) in [6.07, 6.45) is 0. The second-order valence-corrected chi connectivity index (χ2v) is 9.06. The highest BCUT2D eigenvalue weighted by atomic mass is 35.5. The summed E-state index contributed by atoms with van der Waals surface area (Å²) in [6, 6.07) is 15.0. The zero-order valence-electron chi connectivity index (χ0n) is 17.6. The number of nitrogens with zero attached hydrogens (tertiary/aromatic N) is 5. The minimum Gasteiger partial charge on any atom is -0.312 e. The summed E-state index contributed by atoms with van der Waals surface area (Å²) in [5.74, 6) is 0.953. The van der Waals surface area contributed by atoms with Crippen LogP contribution in [0.3, 0.4) is 0 Å². The Bertz CT molecular complexity index is 1460. The smallest absolute Gasteiger partial charge is 0.312 e. The minimum absolute atomic E-state index is 0.0515. The molecule has 0 saturated heterocycles. The van der Waals surface area contributed by atoms with Crippen LogP contribution in [-0.2, 0) is 20.1 Å². The van der Waals surface area contributed by atoms with Crippen molar-refractivity contribution in [2.24, 2.45) is 13.0 Å². The van der Waals surface area contributed by atoms with Crippen LogP contribution < -0.4 is 16.1 Å². The Hall–Kier alpha value is -3.03. The lowest BCUT2D eigenvalue weighted by Crippen LogP contribution is -2.40. The number of hydrogen-bond donors (Lipinski definition) is 0. The summed E-state index contributed by atoms with van der Waals surface area (Å²) in [4.78, 5) is 33.5. The van der Waals surface area contributed by atoms with Crippen molar-refractivity contribution in [2.45, 2.75) is 20.0 Å². The summed E-state index contributed by atoms with van der Waals surface area (Å²) in [5.41, 5.74) is 1.61. The van der Waals surface area contributed by atoms with Crippen LogP contribution in [0.15, 0.2) is 58.1 Å². The Kier molecular flexibility index (Phi) is 5.10. The van der Waals surface area contributed by atoms with Crippen LogP contribution in [-0.4, -0.2) is 25.2 Å². The first-order valence-electron chi connectivity index (χ1n) is 10.3. The number of hydrogen-bond acceptors (Lipinski definition) is 4. The summed E-state index contributed by atoms with van der Waals surface area (Å²) in [5, 5.41) is 0.903. The largest absolute Gasteiger partial charge is 0.332 e. The van der Waals surface area contributed by atoms with E-state index in [0.717, 1.165) is 12.2 Å². The van der Waals surface area contributed by atoms with Crippen molar-refractivity contribution in [1.82, 2.24) is 18.7 Å². The van der Waals surface area contributed by atoms with E-state index in [1.807, 2.05) is 34.9 Å². The van der Waals surface area contributed by atoms with Gasteiger partial charge in [-0.05, 0) is 35.7 Å². The van der Waals surface area contributed by atoms with Gasteiger partial charge in [-0.25, -0.2) is 4.79 Å². The van der Waals surface area contributed by atoms with E-state index in [1.54, 1.807) is 25.2 Å². The molecule has 0 fully saturated rings. The van der Waals surface area contributed by atoms with Gasteiger partial charge in [-0.2, -0.15) is 4.98 Å². The number of fused-ring (bicyclic) bond motifs is 3. The maximum atomic E-state index is 13.6. The maximum Gasteiger partial charge on any atom is 0.332 e. The summed E-state index contributed by atoms with van der Waals surface area (Å²) in [7, 11) is 1.64. The van der Waals surface area contributed by atoms with Gasteiger partial charge in [-0.1, -0.05) is 54.4 Å². The summed E-state index contributed by atoms with van der Waals surface area (Å²) < 4.78 is 4.57. The molecular formula is C23H21Cl2N5O2. The molecule has 32 heavy (non-hydrogen) atoms. The van der Waals surface area contributed by atoms with Gasteiger partial charge in [0.15, 0.2) is 11.2 Å². The number of halogens is 2.